The Balaban J connectivity index is 1.76. The van der Waals surface area contributed by atoms with Crippen molar-refractivity contribution in [1.82, 2.24) is 9.55 Å². The summed E-state index contributed by atoms with van der Waals surface area (Å²) < 4.78 is 20.6. The van der Waals surface area contributed by atoms with Crippen LogP contribution in [0, 0.1) is 19.7 Å². The van der Waals surface area contributed by atoms with Crippen molar-refractivity contribution in [2.75, 3.05) is 12.4 Å². The first-order chi connectivity index (χ1) is 17.7. The van der Waals surface area contributed by atoms with Crippen molar-refractivity contribution in [1.29, 1.82) is 0 Å². The highest BCUT2D eigenvalue weighted by molar-refractivity contribution is 6.04. The van der Waals surface area contributed by atoms with Gasteiger partial charge >= 0.3 is 5.69 Å². The number of nitrogens with one attached hydrogen (secondary N) is 2. The van der Waals surface area contributed by atoms with E-state index in [-0.39, 0.29) is 16.9 Å². The van der Waals surface area contributed by atoms with Gasteiger partial charge < -0.3 is 15.0 Å². The van der Waals surface area contributed by atoms with Crippen molar-refractivity contribution in [2.24, 2.45) is 7.05 Å². The molecule has 0 spiro atoms. The molecular weight excluding hydrogens is 477 g/mol. The van der Waals surface area contributed by atoms with Crippen LogP contribution in [-0.2, 0) is 7.05 Å². The molecular formula is C28H24FN3O5. The summed E-state index contributed by atoms with van der Waals surface area (Å²) in [7, 11) is 2.66. The molecule has 0 saturated carbocycles. The number of halogens is 1. The molecule has 0 aliphatic carbocycles. The topological polar surface area (TPSA) is 110 Å². The molecule has 0 fully saturated rings. The Morgan fingerprint density at radius 2 is 1.68 bits per heavy atom. The summed E-state index contributed by atoms with van der Waals surface area (Å²) in [6.45, 7) is 3.74. The third-order valence-corrected chi connectivity index (χ3v) is 6.37. The maximum Gasteiger partial charge on any atom is 0.328 e. The highest BCUT2D eigenvalue weighted by Crippen LogP contribution is 2.37. The summed E-state index contributed by atoms with van der Waals surface area (Å²) in [5.41, 5.74) is 3.40. The predicted octanol–water partition coefficient (Wildman–Crippen LogP) is 4.24. The molecule has 188 valence electrons. The Kier molecular flexibility index (Phi) is 6.88. The maximum atomic E-state index is 14.6. The maximum absolute atomic E-state index is 14.6. The van der Waals surface area contributed by atoms with E-state index in [0.717, 1.165) is 38.6 Å². The first-order valence-corrected chi connectivity index (χ1v) is 11.3. The molecule has 1 amide bonds. The number of nitrogens with zero attached hydrogens (tertiary/aromatic N) is 1. The third-order valence-electron chi connectivity index (χ3n) is 6.37. The lowest BCUT2D eigenvalue weighted by Crippen LogP contribution is -2.37. The van der Waals surface area contributed by atoms with Gasteiger partial charge in [-0.25, -0.2) is 9.18 Å². The van der Waals surface area contributed by atoms with Crippen molar-refractivity contribution >= 4 is 17.9 Å². The second-order valence-electron chi connectivity index (χ2n) is 8.47. The molecule has 1 aromatic heterocycles. The minimum Gasteiger partial charge on any atom is -0.496 e. The molecule has 9 heteroatoms. The first-order valence-electron chi connectivity index (χ1n) is 11.3. The molecule has 4 rings (SSSR count). The lowest BCUT2D eigenvalue weighted by atomic mass is 9.90. The van der Waals surface area contributed by atoms with E-state index in [4.69, 9.17) is 4.74 Å². The summed E-state index contributed by atoms with van der Waals surface area (Å²) in [6, 6.07) is 13.9. The van der Waals surface area contributed by atoms with Gasteiger partial charge in [0.05, 0.1) is 12.7 Å². The minimum atomic E-state index is -0.707. The van der Waals surface area contributed by atoms with E-state index in [0.29, 0.717) is 17.5 Å². The largest absolute Gasteiger partial charge is 0.496 e. The Morgan fingerprint density at radius 3 is 2.35 bits per heavy atom. The third kappa shape index (κ3) is 4.58. The quantitative estimate of drug-likeness (QED) is 0.384. The zero-order valence-corrected chi connectivity index (χ0v) is 20.6. The number of aldehydes is 1. The summed E-state index contributed by atoms with van der Waals surface area (Å²) in [5, 5.41) is 2.75. The molecule has 0 aliphatic heterocycles. The number of rotatable bonds is 6. The van der Waals surface area contributed by atoms with Crippen molar-refractivity contribution in [3.63, 3.8) is 0 Å². The van der Waals surface area contributed by atoms with Crippen LogP contribution >= 0.6 is 0 Å². The first kappa shape index (κ1) is 25.3. The average Bonchev–Trinajstić information content (AvgIpc) is 2.88. The number of amides is 1. The van der Waals surface area contributed by atoms with Crippen LogP contribution in [0.3, 0.4) is 0 Å². The summed E-state index contributed by atoms with van der Waals surface area (Å²) >= 11 is 0. The molecule has 1 heterocycles. The van der Waals surface area contributed by atoms with Gasteiger partial charge in [0.2, 0.25) is 0 Å². The number of hydrogen-bond acceptors (Lipinski definition) is 5. The second-order valence-corrected chi connectivity index (χ2v) is 8.47. The van der Waals surface area contributed by atoms with Gasteiger partial charge in [-0.15, -0.1) is 0 Å². The van der Waals surface area contributed by atoms with E-state index < -0.39 is 23.0 Å². The van der Waals surface area contributed by atoms with Crippen LogP contribution < -0.4 is 21.3 Å². The number of ether oxygens (including phenoxy) is 1. The van der Waals surface area contributed by atoms with Gasteiger partial charge in [0, 0.05) is 18.9 Å². The number of benzene rings is 3. The van der Waals surface area contributed by atoms with Gasteiger partial charge in [0.1, 0.15) is 17.1 Å². The molecule has 3 aromatic carbocycles. The van der Waals surface area contributed by atoms with Crippen molar-refractivity contribution < 1.29 is 18.7 Å². The van der Waals surface area contributed by atoms with Crippen LogP contribution in [-0.4, -0.2) is 28.9 Å². The monoisotopic (exact) mass is 501 g/mol. The van der Waals surface area contributed by atoms with Crippen LogP contribution in [0.25, 0.3) is 22.3 Å². The van der Waals surface area contributed by atoms with Crippen molar-refractivity contribution in [2.45, 2.75) is 13.8 Å². The van der Waals surface area contributed by atoms with E-state index in [9.17, 15) is 23.6 Å². The Morgan fingerprint density at radius 1 is 1.03 bits per heavy atom. The highest BCUT2D eigenvalue weighted by Gasteiger charge is 2.18. The molecule has 0 saturated heterocycles. The molecule has 37 heavy (non-hydrogen) atoms. The second kappa shape index (κ2) is 10.1. The molecule has 4 aromatic rings. The molecule has 0 atom stereocenters. The van der Waals surface area contributed by atoms with Gasteiger partial charge in [-0.3, -0.25) is 19.0 Å². The molecule has 0 unspecified atom stereocenters. The van der Waals surface area contributed by atoms with Gasteiger partial charge in [-0.2, -0.15) is 0 Å². The number of aromatic amines is 1. The van der Waals surface area contributed by atoms with E-state index in [1.54, 1.807) is 18.2 Å². The zero-order valence-electron chi connectivity index (χ0n) is 20.6. The van der Waals surface area contributed by atoms with Gasteiger partial charge in [-0.1, -0.05) is 30.3 Å². The fraction of sp³-hybridized carbons (Fsp3) is 0.143. The van der Waals surface area contributed by atoms with Crippen molar-refractivity contribution in [3.8, 4) is 28.0 Å². The predicted molar refractivity (Wildman–Crippen MR) is 139 cm³/mol. The van der Waals surface area contributed by atoms with Gasteiger partial charge in [-0.05, 0) is 65.4 Å². The van der Waals surface area contributed by atoms with E-state index in [1.165, 1.54) is 20.2 Å². The smallest absolute Gasteiger partial charge is 0.328 e. The molecule has 0 bridgehead atoms. The summed E-state index contributed by atoms with van der Waals surface area (Å²) in [6.07, 6.45) is 1.52. The Hall–Kier alpha value is -4.79. The Bertz CT molecular complexity index is 1670. The number of aromatic nitrogens is 2. The number of carbonyl (C=O) groups is 2. The minimum absolute atomic E-state index is 0.142. The van der Waals surface area contributed by atoms with Gasteiger partial charge in [0.25, 0.3) is 11.5 Å². The summed E-state index contributed by atoms with van der Waals surface area (Å²) in [5.74, 6) is -1.19. The zero-order chi connectivity index (χ0) is 26.9. The molecule has 0 radical (unpaired) electrons. The number of H-pyrrole nitrogens is 1. The standard InChI is InChI=1S/C28H24FN3O5/c1-15-18(17-11-23(29)22(14-33)25(12-17)37-4)7-5-8-19(15)20-9-6-10-24(16(20)2)31-26(34)21-13-30-28(36)32(3)27(21)35/h5-14H,1-4H3,(H,30,36)(H,31,34). The fourth-order valence-electron chi connectivity index (χ4n) is 4.25. The van der Waals surface area contributed by atoms with E-state index in [1.807, 2.05) is 38.1 Å². The average molecular weight is 502 g/mol. The van der Waals surface area contributed by atoms with E-state index in [2.05, 4.69) is 10.3 Å². The highest BCUT2D eigenvalue weighted by atomic mass is 19.1. The number of methoxy groups -OCH3 is 1. The lowest BCUT2D eigenvalue weighted by Gasteiger charge is -2.17. The van der Waals surface area contributed by atoms with Gasteiger partial charge in [0.15, 0.2) is 6.29 Å². The number of carbonyl (C=O) groups excluding carboxylic acids is 2. The lowest BCUT2D eigenvalue weighted by molar-refractivity contribution is 0.102. The molecule has 0 aliphatic rings. The van der Waals surface area contributed by atoms with Crippen LogP contribution in [0.15, 0.2) is 64.3 Å². The fourth-order valence-corrected chi connectivity index (χ4v) is 4.25. The van der Waals surface area contributed by atoms with Crippen LogP contribution in [0.1, 0.15) is 31.8 Å². The number of hydrogen-bond donors (Lipinski definition) is 2. The molecule has 2 N–H and O–H groups in total. The SMILES string of the molecule is COc1cc(-c2cccc(-c3cccc(NC(=O)c4c[nH]c(=O)n(C)c4=O)c3C)c2C)cc(F)c1C=O. The van der Waals surface area contributed by atoms with E-state index >= 15 is 0 Å². The van der Waals surface area contributed by atoms with Crippen LogP contribution in [0.4, 0.5) is 10.1 Å². The number of anilines is 1. The van der Waals surface area contributed by atoms with Crippen LogP contribution in [0.2, 0.25) is 0 Å². The normalized spacial score (nSPS) is 10.7. The van der Waals surface area contributed by atoms with Crippen LogP contribution in [0.5, 0.6) is 5.75 Å². The summed E-state index contributed by atoms with van der Waals surface area (Å²) in [4.78, 5) is 50.4. The molecule has 8 nitrogen and oxygen atoms in total. The Labute approximate surface area is 211 Å². The van der Waals surface area contributed by atoms with Crippen molar-refractivity contribution in [3.05, 3.63) is 104 Å².